The van der Waals surface area contributed by atoms with E-state index >= 15 is 0 Å². The molecule has 0 saturated carbocycles. The molecule has 8 nitrogen and oxygen atoms in total. The molecule has 0 atom stereocenters. The van der Waals surface area contributed by atoms with Crippen molar-refractivity contribution < 1.29 is 18.8 Å². The molecule has 0 aliphatic rings. The van der Waals surface area contributed by atoms with Crippen molar-refractivity contribution in [3.05, 3.63) is 35.7 Å². The Morgan fingerprint density at radius 3 is 2.86 bits per heavy atom. The Bertz CT molecular complexity index is 683. The maximum Gasteiger partial charge on any atom is 0.259 e. The molecule has 0 aliphatic carbocycles. The Morgan fingerprint density at radius 2 is 2.23 bits per heavy atom. The van der Waals surface area contributed by atoms with Gasteiger partial charge in [-0.25, -0.2) is 4.98 Å². The Morgan fingerprint density at radius 1 is 1.45 bits per heavy atom. The van der Waals surface area contributed by atoms with E-state index in [1.165, 1.54) is 25.3 Å². The number of anilines is 1. The summed E-state index contributed by atoms with van der Waals surface area (Å²) in [5.74, 6) is 0.359. The number of nitrogens with one attached hydrogen (secondary N) is 1. The quantitative estimate of drug-likeness (QED) is 0.888. The number of aromatic nitrogens is 2. The number of hydrogen-bond donors (Lipinski definition) is 1. The molecule has 1 N–H and O–H groups in total. The zero-order valence-corrected chi connectivity index (χ0v) is 12.5. The summed E-state index contributed by atoms with van der Waals surface area (Å²) in [5.41, 5.74) is 0.289. The maximum atomic E-state index is 12.3. The first-order chi connectivity index (χ1) is 10.5. The van der Waals surface area contributed by atoms with Crippen molar-refractivity contribution in [2.24, 2.45) is 0 Å². The standard InChI is InChI=1S/C14H16N4O4/c1-9-7-11(17-22-9)16-12(19)8-18(2)14(20)10-5-4-6-15-13(10)21-3/h4-7H,8H2,1-3H3,(H,16,17,19). The van der Waals surface area contributed by atoms with Gasteiger partial charge in [-0.2, -0.15) is 0 Å². The molecule has 2 aromatic heterocycles. The second kappa shape index (κ2) is 6.70. The van der Waals surface area contributed by atoms with Gasteiger partial charge in [0, 0.05) is 19.3 Å². The van der Waals surface area contributed by atoms with E-state index in [0.717, 1.165) is 0 Å². The second-order valence-electron chi connectivity index (χ2n) is 4.59. The highest BCUT2D eigenvalue weighted by atomic mass is 16.5. The molecule has 22 heavy (non-hydrogen) atoms. The number of ether oxygens (including phenoxy) is 1. The zero-order valence-electron chi connectivity index (χ0n) is 12.5. The Balaban J connectivity index is 2.00. The molecule has 0 radical (unpaired) electrons. The first-order valence-corrected chi connectivity index (χ1v) is 6.49. The summed E-state index contributed by atoms with van der Waals surface area (Å²) >= 11 is 0. The van der Waals surface area contributed by atoms with Crippen LogP contribution < -0.4 is 10.1 Å². The van der Waals surface area contributed by atoms with Gasteiger partial charge in [0.25, 0.3) is 5.91 Å². The molecule has 0 bridgehead atoms. The number of hydrogen-bond acceptors (Lipinski definition) is 6. The van der Waals surface area contributed by atoms with Gasteiger partial charge in [0.1, 0.15) is 11.3 Å². The topological polar surface area (TPSA) is 97.6 Å². The molecule has 0 saturated heterocycles. The molecule has 0 spiro atoms. The minimum Gasteiger partial charge on any atom is -0.480 e. The number of aryl methyl sites for hydroxylation is 1. The second-order valence-corrected chi connectivity index (χ2v) is 4.59. The van der Waals surface area contributed by atoms with Crippen molar-refractivity contribution in [3.63, 3.8) is 0 Å². The van der Waals surface area contributed by atoms with Crippen molar-refractivity contribution in [3.8, 4) is 5.88 Å². The van der Waals surface area contributed by atoms with E-state index in [2.05, 4.69) is 15.5 Å². The van der Waals surface area contributed by atoms with Gasteiger partial charge in [-0.05, 0) is 19.1 Å². The molecular formula is C14H16N4O4. The van der Waals surface area contributed by atoms with E-state index in [1.807, 2.05) is 0 Å². The Hall–Kier alpha value is -2.90. The van der Waals surface area contributed by atoms with Crippen LogP contribution in [-0.4, -0.2) is 47.6 Å². The molecule has 8 heteroatoms. The van der Waals surface area contributed by atoms with E-state index in [1.54, 1.807) is 25.1 Å². The molecule has 2 amide bonds. The lowest BCUT2D eigenvalue weighted by atomic mass is 10.2. The Kier molecular flexibility index (Phi) is 4.72. The van der Waals surface area contributed by atoms with Crippen LogP contribution in [0.4, 0.5) is 5.82 Å². The minimum absolute atomic E-state index is 0.136. The van der Waals surface area contributed by atoms with E-state index in [-0.39, 0.29) is 29.8 Å². The molecule has 0 aromatic carbocycles. The molecule has 2 heterocycles. The van der Waals surface area contributed by atoms with Crippen LogP contribution in [0.1, 0.15) is 16.1 Å². The van der Waals surface area contributed by atoms with Crippen LogP contribution in [0.3, 0.4) is 0 Å². The predicted molar refractivity (Wildman–Crippen MR) is 77.6 cm³/mol. The van der Waals surface area contributed by atoms with Gasteiger partial charge in [-0.15, -0.1) is 0 Å². The molecule has 0 fully saturated rings. The lowest BCUT2D eigenvalue weighted by Gasteiger charge is -2.17. The highest BCUT2D eigenvalue weighted by molar-refractivity contribution is 6.00. The number of methoxy groups -OCH3 is 1. The van der Waals surface area contributed by atoms with E-state index in [9.17, 15) is 9.59 Å². The fourth-order valence-corrected chi connectivity index (χ4v) is 1.82. The largest absolute Gasteiger partial charge is 0.480 e. The lowest BCUT2D eigenvalue weighted by Crippen LogP contribution is -2.35. The maximum absolute atomic E-state index is 12.3. The monoisotopic (exact) mass is 304 g/mol. The van der Waals surface area contributed by atoms with Crippen LogP contribution in [-0.2, 0) is 4.79 Å². The van der Waals surface area contributed by atoms with Crippen LogP contribution in [0.2, 0.25) is 0 Å². The van der Waals surface area contributed by atoms with Crippen LogP contribution in [0.25, 0.3) is 0 Å². The van der Waals surface area contributed by atoms with Crippen molar-refractivity contribution in [2.75, 3.05) is 26.0 Å². The molecule has 0 aliphatic heterocycles. The number of pyridine rings is 1. The fourth-order valence-electron chi connectivity index (χ4n) is 1.82. The summed E-state index contributed by atoms with van der Waals surface area (Å²) in [7, 11) is 2.95. The smallest absolute Gasteiger partial charge is 0.259 e. The van der Waals surface area contributed by atoms with Gasteiger partial charge >= 0.3 is 0 Å². The first kappa shape index (κ1) is 15.5. The minimum atomic E-state index is -0.382. The number of rotatable bonds is 5. The van der Waals surface area contributed by atoms with Gasteiger partial charge in [0.2, 0.25) is 11.8 Å². The third-order valence-corrected chi connectivity index (χ3v) is 2.82. The molecule has 2 rings (SSSR count). The third kappa shape index (κ3) is 3.60. The summed E-state index contributed by atoms with van der Waals surface area (Å²) in [4.78, 5) is 29.4. The summed E-state index contributed by atoms with van der Waals surface area (Å²) in [6.07, 6.45) is 1.52. The number of carbonyl (C=O) groups excluding carboxylic acids is 2. The summed E-state index contributed by atoms with van der Waals surface area (Å²) in [6.45, 7) is 1.58. The zero-order chi connectivity index (χ0) is 16.1. The van der Waals surface area contributed by atoms with Crippen molar-refractivity contribution in [1.82, 2.24) is 15.0 Å². The molecule has 2 aromatic rings. The molecular weight excluding hydrogens is 288 g/mol. The predicted octanol–water partition coefficient (Wildman–Crippen LogP) is 1.10. The first-order valence-electron chi connectivity index (χ1n) is 6.49. The highest BCUT2D eigenvalue weighted by Crippen LogP contribution is 2.15. The van der Waals surface area contributed by atoms with Crippen LogP contribution >= 0.6 is 0 Å². The van der Waals surface area contributed by atoms with Gasteiger partial charge in [-0.3, -0.25) is 9.59 Å². The van der Waals surface area contributed by atoms with Crippen LogP contribution in [0.5, 0.6) is 5.88 Å². The van der Waals surface area contributed by atoms with Gasteiger partial charge in [0.05, 0.1) is 13.7 Å². The third-order valence-electron chi connectivity index (χ3n) is 2.82. The highest BCUT2D eigenvalue weighted by Gasteiger charge is 2.19. The number of nitrogens with zero attached hydrogens (tertiary/aromatic N) is 3. The average Bonchev–Trinajstić information content (AvgIpc) is 2.91. The molecule has 116 valence electrons. The van der Waals surface area contributed by atoms with E-state index in [4.69, 9.17) is 9.26 Å². The summed E-state index contributed by atoms with van der Waals surface area (Å²) in [5, 5.41) is 6.20. The van der Waals surface area contributed by atoms with Gasteiger partial charge in [0.15, 0.2) is 5.82 Å². The van der Waals surface area contributed by atoms with E-state index < -0.39 is 0 Å². The van der Waals surface area contributed by atoms with Crippen molar-refractivity contribution >= 4 is 17.6 Å². The van der Waals surface area contributed by atoms with Gasteiger partial charge < -0.3 is 19.5 Å². The number of carbonyl (C=O) groups is 2. The van der Waals surface area contributed by atoms with Crippen molar-refractivity contribution in [2.45, 2.75) is 6.92 Å². The Labute approximate surface area is 127 Å². The van der Waals surface area contributed by atoms with Gasteiger partial charge in [-0.1, -0.05) is 5.16 Å². The van der Waals surface area contributed by atoms with Crippen LogP contribution in [0.15, 0.2) is 28.9 Å². The molecule has 0 unspecified atom stereocenters. The average molecular weight is 304 g/mol. The number of likely N-dealkylation sites (N-methyl/N-ethyl adjacent to an activating group) is 1. The van der Waals surface area contributed by atoms with Crippen molar-refractivity contribution in [1.29, 1.82) is 0 Å². The fraction of sp³-hybridized carbons (Fsp3) is 0.286. The lowest BCUT2D eigenvalue weighted by molar-refractivity contribution is -0.116. The van der Waals surface area contributed by atoms with E-state index in [0.29, 0.717) is 11.6 Å². The van der Waals surface area contributed by atoms with Crippen LogP contribution in [0, 0.1) is 6.92 Å². The SMILES string of the molecule is COc1ncccc1C(=O)N(C)CC(=O)Nc1cc(C)on1. The summed E-state index contributed by atoms with van der Waals surface area (Å²) in [6, 6.07) is 4.80. The number of amides is 2. The normalized spacial score (nSPS) is 10.1. The summed E-state index contributed by atoms with van der Waals surface area (Å²) < 4.78 is 9.89.